The van der Waals surface area contributed by atoms with Gasteiger partial charge in [-0.2, -0.15) is 13.2 Å². The lowest BCUT2D eigenvalue weighted by Crippen LogP contribution is -2.09. The second-order valence-electron chi connectivity index (χ2n) is 2.02. The quantitative estimate of drug-likeness (QED) is 0.540. The van der Waals surface area contributed by atoms with Crippen LogP contribution in [0.25, 0.3) is 0 Å². The predicted molar refractivity (Wildman–Crippen MR) is 30.2 cm³/mol. The normalized spacial score (nSPS) is 11.8. The van der Waals surface area contributed by atoms with E-state index < -0.39 is 23.4 Å². The van der Waals surface area contributed by atoms with E-state index in [1.165, 1.54) is 0 Å². The Bertz CT molecular complexity index is 288. The van der Waals surface area contributed by atoms with Crippen molar-refractivity contribution in [2.45, 2.75) is 6.18 Å². The van der Waals surface area contributed by atoms with E-state index in [0.717, 1.165) is 0 Å². The monoisotopic (exact) mass is 181 g/mol. The van der Waals surface area contributed by atoms with Crippen LogP contribution in [-0.4, -0.2) is 0 Å². The second kappa shape index (κ2) is 2.73. The summed E-state index contributed by atoms with van der Waals surface area (Å²) in [5.74, 6) is -3.53. The van der Waals surface area contributed by atoms with Gasteiger partial charge >= 0.3 is 6.18 Å². The maximum Gasteiger partial charge on any atom is 0.419 e. The van der Waals surface area contributed by atoms with Gasteiger partial charge in [-0.05, 0) is 6.07 Å². The molecule has 0 heterocycles. The van der Waals surface area contributed by atoms with E-state index in [1.807, 2.05) is 0 Å². The predicted octanol–water partition coefficient (Wildman–Crippen LogP) is 2.78. The first kappa shape index (κ1) is 8.96. The second-order valence-corrected chi connectivity index (χ2v) is 2.02. The molecule has 1 rings (SSSR count). The van der Waals surface area contributed by atoms with Crippen molar-refractivity contribution in [2.75, 3.05) is 0 Å². The van der Waals surface area contributed by atoms with E-state index in [-0.39, 0.29) is 0 Å². The van der Waals surface area contributed by atoms with Crippen LogP contribution < -0.4 is 0 Å². The number of alkyl halides is 3. The summed E-state index contributed by atoms with van der Waals surface area (Å²) in [6, 6.07) is 2.78. The van der Waals surface area contributed by atoms with Crippen LogP contribution in [0.3, 0.4) is 0 Å². The first-order chi connectivity index (χ1) is 5.43. The summed E-state index contributed by atoms with van der Waals surface area (Å²) in [7, 11) is 0. The molecule has 0 nitrogen and oxygen atoms in total. The molecule has 0 N–H and O–H groups in total. The first-order valence-electron chi connectivity index (χ1n) is 2.86. The van der Waals surface area contributed by atoms with Crippen LogP contribution in [0, 0.1) is 17.7 Å². The Morgan fingerprint density at radius 3 is 2.17 bits per heavy atom. The molecule has 0 amide bonds. The Morgan fingerprint density at radius 2 is 1.75 bits per heavy atom. The summed E-state index contributed by atoms with van der Waals surface area (Å²) in [4.78, 5) is 0. The zero-order valence-electron chi connectivity index (χ0n) is 5.54. The van der Waals surface area contributed by atoms with Crippen molar-refractivity contribution < 1.29 is 22.0 Å². The lowest BCUT2D eigenvalue weighted by Gasteiger charge is -2.06. The standard InChI is InChI=1S/C7H2F5/c8-5-3-1-2-4(6(5)9)7(10,11)12/h1-2H. The Hall–Kier alpha value is -1.13. The average molecular weight is 181 g/mol. The largest absolute Gasteiger partial charge is 0.419 e. The molecular formula is C7H2F5. The summed E-state index contributed by atoms with van der Waals surface area (Å²) < 4.78 is 60.0. The van der Waals surface area contributed by atoms with Gasteiger partial charge in [-0.1, -0.05) is 6.07 Å². The van der Waals surface area contributed by atoms with E-state index in [1.54, 1.807) is 6.07 Å². The van der Waals surface area contributed by atoms with Crippen LogP contribution in [0.4, 0.5) is 22.0 Å². The van der Waals surface area contributed by atoms with Crippen LogP contribution in [-0.2, 0) is 6.18 Å². The third-order valence-corrected chi connectivity index (χ3v) is 1.19. The van der Waals surface area contributed by atoms with Gasteiger partial charge in [-0.25, -0.2) is 8.78 Å². The molecule has 0 fully saturated rings. The van der Waals surface area contributed by atoms with Gasteiger partial charge in [-0.15, -0.1) is 0 Å². The fourth-order valence-electron chi connectivity index (χ4n) is 0.672. The van der Waals surface area contributed by atoms with Gasteiger partial charge in [0.15, 0.2) is 11.6 Å². The molecule has 1 radical (unpaired) electrons. The number of benzene rings is 1. The third-order valence-electron chi connectivity index (χ3n) is 1.19. The molecule has 0 aliphatic heterocycles. The molecule has 65 valence electrons. The van der Waals surface area contributed by atoms with E-state index in [9.17, 15) is 22.0 Å². The number of hydrogen-bond donors (Lipinski definition) is 0. The molecule has 0 atom stereocenters. The zero-order valence-corrected chi connectivity index (χ0v) is 5.54. The van der Waals surface area contributed by atoms with Crippen LogP contribution in [0.2, 0.25) is 0 Å². The maximum absolute atomic E-state index is 12.4. The maximum atomic E-state index is 12.4. The summed E-state index contributed by atoms with van der Waals surface area (Å²) in [5.41, 5.74) is -1.61. The Morgan fingerprint density at radius 1 is 1.17 bits per heavy atom. The van der Waals surface area contributed by atoms with Crippen molar-refractivity contribution in [3.05, 3.63) is 35.4 Å². The Labute approximate surface area is 64.6 Å². The minimum Gasteiger partial charge on any atom is -0.203 e. The SMILES string of the molecule is Fc1[c]ccc(C(F)(F)F)c1F. The highest BCUT2D eigenvalue weighted by atomic mass is 19.4. The molecular weight excluding hydrogens is 179 g/mol. The molecule has 5 heteroatoms. The Balaban J connectivity index is 3.26. The van der Waals surface area contributed by atoms with Crippen molar-refractivity contribution in [2.24, 2.45) is 0 Å². The van der Waals surface area contributed by atoms with Crippen LogP contribution in [0.15, 0.2) is 12.1 Å². The summed E-state index contributed by atoms with van der Waals surface area (Å²) >= 11 is 0. The smallest absolute Gasteiger partial charge is 0.203 e. The topological polar surface area (TPSA) is 0 Å². The minimum atomic E-state index is -4.86. The average Bonchev–Trinajstić information content (AvgIpc) is 1.92. The van der Waals surface area contributed by atoms with Gasteiger partial charge in [-0.3, -0.25) is 0 Å². The molecule has 1 aromatic carbocycles. The molecule has 0 unspecified atom stereocenters. The summed E-state index contributed by atoms with van der Waals surface area (Å²) in [6.07, 6.45) is -4.86. The van der Waals surface area contributed by atoms with Crippen LogP contribution in [0.5, 0.6) is 0 Å². The van der Waals surface area contributed by atoms with Gasteiger partial charge in [0.25, 0.3) is 0 Å². The minimum absolute atomic E-state index is 0.429. The highest BCUT2D eigenvalue weighted by Crippen LogP contribution is 2.31. The van der Waals surface area contributed by atoms with Crippen molar-refractivity contribution in [1.29, 1.82) is 0 Å². The molecule has 12 heavy (non-hydrogen) atoms. The first-order valence-corrected chi connectivity index (χ1v) is 2.86. The molecule has 0 saturated carbocycles. The van der Waals surface area contributed by atoms with E-state index in [0.29, 0.717) is 12.1 Å². The van der Waals surface area contributed by atoms with E-state index in [4.69, 9.17) is 0 Å². The molecule has 1 aromatic rings. The van der Waals surface area contributed by atoms with E-state index >= 15 is 0 Å². The zero-order chi connectivity index (χ0) is 9.35. The molecule has 0 aromatic heterocycles. The van der Waals surface area contributed by atoms with Crippen molar-refractivity contribution in [1.82, 2.24) is 0 Å². The summed E-state index contributed by atoms with van der Waals surface area (Å²) in [6.45, 7) is 0. The van der Waals surface area contributed by atoms with E-state index in [2.05, 4.69) is 0 Å². The third kappa shape index (κ3) is 1.54. The van der Waals surface area contributed by atoms with Gasteiger partial charge in [0.05, 0.1) is 5.56 Å². The van der Waals surface area contributed by atoms with Gasteiger partial charge < -0.3 is 0 Å². The van der Waals surface area contributed by atoms with Gasteiger partial charge in [0.1, 0.15) is 0 Å². The number of hydrogen-bond acceptors (Lipinski definition) is 0. The number of rotatable bonds is 0. The molecule has 0 aliphatic rings. The van der Waals surface area contributed by atoms with Crippen LogP contribution >= 0.6 is 0 Å². The fraction of sp³-hybridized carbons (Fsp3) is 0.143. The van der Waals surface area contributed by atoms with Gasteiger partial charge in [0.2, 0.25) is 0 Å². The lowest BCUT2D eigenvalue weighted by atomic mass is 10.2. The highest BCUT2D eigenvalue weighted by molar-refractivity contribution is 5.20. The van der Waals surface area contributed by atoms with Crippen molar-refractivity contribution >= 4 is 0 Å². The molecule has 0 bridgehead atoms. The summed E-state index contributed by atoms with van der Waals surface area (Å²) in [5, 5.41) is 0. The fourth-order valence-corrected chi connectivity index (χ4v) is 0.672. The molecule has 0 spiro atoms. The van der Waals surface area contributed by atoms with Crippen molar-refractivity contribution in [3.8, 4) is 0 Å². The molecule has 0 saturated heterocycles. The molecule has 0 aliphatic carbocycles. The van der Waals surface area contributed by atoms with Crippen LogP contribution in [0.1, 0.15) is 5.56 Å². The highest BCUT2D eigenvalue weighted by Gasteiger charge is 2.34. The Kier molecular flexibility index (Phi) is 2.04. The van der Waals surface area contributed by atoms with Gasteiger partial charge in [0, 0.05) is 6.07 Å². The van der Waals surface area contributed by atoms with Crippen molar-refractivity contribution in [3.63, 3.8) is 0 Å². The number of halogens is 5. The lowest BCUT2D eigenvalue weighted by molar-refractivity contribution is -0.140.